The highest BCUT2D eigenvalue weighted by atomic mass is 35.5. The van der Waals surface area contributed by atoms with Crippen LogP contribution in [0.3, 0.4) is 0 Å². The molecule has 0 saturated heterocycles. The van der Waals surface area contributed by atoms with E-state index in [1.807, 2.05) is 0 Å². The summed E-state index contributed by atoms with van der Waals surface area (Å²) in [6, 6.07) is 0. The number of halogens is 1. The van der Waals surface area contributed by atoms with Crippen molar-refractivity contribution in [2.45, 2.75) is 38.1 Å². The van der Waals surface area contributed by atoms with Crippen LogP contribution in [0.2, 0.25) is 5.02 Å². The molecule has 0 unspecified atom stereocenters. The van der Waals surface area contributed by atoms with Gasteiger partial charge in [0.25, 0.3) is 0 Å². The molecule has 1 aromatic heterocycles. The SMILES string of the molecule is CCCNc1ncc(Cl)c(NC2(CO)CCC2)n1. The zero-order valence-electron chi connectivity index (χ0n) is 10.5. The molecule has 0 atom stereocenters. The van der Waals surface area contributed by atoms with Gasteiger partial charge in [-0.3, -0.25) is 0 Å². The molecular formula is C12H19ClN4O. The molecule has 0 spiro atoms. The normalized spacial score (nSPS) is 17.1. The summed E-state index contributed by atoms with van der Waals surface area (Å²) in [6.45, 7) is 3.01. The lowest BCUT2D eigenvalue weighted by molar-refractivity contribution is 0.144. The van der Waals surface area contributed by atoms with Crippen LogP contribution in [0.5, 0.6) is 0 Å². The van der Waals surface area contributed by atoms with Gasteiger partial charge in [-0.05, 0) is 25.7 Å². The lowest BCUT2D eigenvalue weighted by Gasteiger charge is -2.41. The zero-order chi connectivity index (χ0) is 13.0. The topological polar surface area (TPSA) is 70.1 Å². The highest BCUT2D eigenvalue weighted by molar-refractivity contribution is 6.32. The molecule has 0 bridgehead atoms. The van der Waals surface area contributed by atoms with Crippen LogP contribution in [0.15, 0.2) is 6.20 Å². The molecule has 6 heteroatoms. The minimum atomic E-state index is -0.250. The van der Waals surface area contributed by atoms with Gasteiger partial charge in [0, 0.05) is 6.54 Å². The average Bonchev–Trinajstić information content (AvgIpc) is 2.34. The van der Waals surface area contributed by atoms with Crippen molar-refractivity contribution in [3.63, 3.8) is 0 Å². The van der Waals surface area contributed by atoms with Crippen LogP contribution < -0.4 is 10.6 Å². The van der Waals surface area contributed by atoms with Crippen LogP contribution in [0.1, 0.15) is 32.6 Å². The fraction of sp³-hybridized carbons (Fsp3) is 0.667. The van der Waals surface area contributed by atoms with Gasteiger partial charge in [0.05, 0.1) is 18.3 Å². The lowest BCUT2D eigenvalue weighted by Crippen LogP contribution is -2.48. The molecule has 0 aromatic carbocycles. The first-order chi connectivity index (χ1) is 8.69. The summed E-state index contributed by atoms with van der Waals surface area (Å²) < 4.78 is 0. The van der Waals surface area contributed by atoms with Gasteiger partial charge >= 0.3 is 0 Å². The van der Waals surface area contributed by atoms with Gasteiger partial charge in [0.1, 0.15) is 5.02 Å². The molecular weight excluding hydrogens is 252 g/mol. The molecule has 1 fully saturated rings. The van der Waals surface area contributed by atoms with Crippen LogP contribution in [0, 0.1) is 0 Å². The van der Waals surface area contributed by atoms with Gasteiger partial charge < -0.3 is 15.7 Å². The average molecular weight is 271 g/mol. The third-order valence-electron chi connectivity index (χ3n) is 3.27. The first kappa shape index (κ1) is 13.4. The van der Waals surface area contributed by atoms with Gasteiger partial charge in [0.2, 0.25) is 5.95 Å². The van der Waals surface area contributed by atoms with Crippen molar-refractivity contribution >= 4 is 23.4 Å². The summed E-state index contributed by atoms with van der Waals surface area (Å²) in [7, 11) is 0. The highest BCUT2D eigenvalue weighted by Gasteiger charge is 2.37. The molecule has 1 saturated carbocycles. The van der Waals surface area contributed by atoms with Gasteiger partial charge in [-0.15, -0.1) is 0 Å². The fourth-order valence-corrected chi connectivity index (χ4v) is 2.09. The van der Waals surface area contributed by atoms with E-state index in [0.717, 1.165) is 32.2 Å². The molecule has 0 aliphatic heterocycles. The Hall–Kier alpha value is -1.07. The van der Waals surface area contributed by atoms with E-state index >= 15 is 0 Å². The molecule has 100 valence electrons. The number of hydrogen-bond donors (Lipinski definition) is 3. The van der Waals surface area contributed by atoms with Gasteiger partial charge in [-0.1, -0.05) is 18.5 Å². The molecule has 1 aliphatic carbocycles. The summed E-state index contributed by atoms with van der Waals surface area (Å²) in [4.78, 5) is 8.47. The summed E-state index contributed by atoms with van der Waals surface area (Å²) in [5.74, 6) is 1.16. The third kappa shape index (κ3) is 2.84. The van der Waals surface area contributed by atoms with E-state index in [1.54, 1.807) is 6.20 Å². The molecule has 3 N–H and O–H groups in total. The monoisotopic (exact) mass is 270 g/mol. The predicted molar refractivity (Wildman–Crippen MR) is 73.1 cm³/mol. The second kappa shape index (κ2) is 5.71. The number of aliphatic hydroxyl groups excluding tert-OH is 1. The second-order valence-corrected chi connectivity index (χ2v) is 5.14. The maximum atomic E-state index is 9.43. The van der Waals surface area contributed by atoms with E-state index in [9.17, 15) is 5.11 Å². The van der Waals surface area contributed by atoms with Crippen molar-refractivity contribution in [3.8, 4) is 0 Å². The number of nitrogens with zero attached hydrogens (tertiary/aromatic N) is 2. The highest BCUT2D eigenvalue weighted by Crippen LogP contribution is 2.36. The number of rotatable bonds is 6. The van der Waals surface area contributed by atoms with Crippen LogP contribution in [0.25, 0.3) is 0 Å². The van der Waals surface area contributed by atoms with Crippen molar-refractivity contribution in [1.29, 1.82) is 0 Å². The molecule has 0 amide bonds. The van der Waals surface area contributed by atoms with Gasteiger partial charge in [-0.2, -0.15) is 4.98 Å². The Balaban J connectivity index is 2.10. The maximum Gasteiger partial charge on any atom is 0.224 e. The Labute approximate surface area is 112 Å². The van der Waals surface area contributed by atoms with Crippen LogP contribution in [-0.4, -0.2) is 33.8 Å². The molecule has 0 radical (unpaired) electrons. The first-order valence-corrected chi connectivity index (χ1v) is 6.72. The third-order valence-corrected chi connectivity index (χ3v) is 3.55. The second-order valence-electron chi connectivity index (χ2n) is 4.73. The van der Waals surface area contributed by atoms with Crippen LogP contribution in [-0.2, 0) is 0 Å². The number of hydrogen-bond acceptors (Lipinski definition) is 5. The van der Waals surface area contributed by atoms with Crippen LogP contribution >= 0.6 is 11.6 Å². The van der Waals surface area contributed by atoms with Crippen molar-refractivity contribution in [1.82, 2.24) is 9.97 Å². The van der Waals surface area contributed by atoms with Gasteiger partial charge in [0.15, 0.2) is 5.82 Å². The van der Waals surface area contributed by atoms with E-state index in [1.165, 1.54) is 0 Å². The van der Waals surface area contributed by atoms with E-state index in [2.05, 4.69) is 27.5 Å². The summed E-state index contributed by atoms with van der Waals surface area (Å²) in [5, 5.41) is 16.3. The number of nitrogens with one attached hydrogen (secondary N) is 2. The number of aliphatic hydroxyl groups is 1. The fourth-order valence-electron chi connectivity index (χ4n) is 1.95. The summed E-state index contributed by atoms with van der Waals surface area (Å²) in [6.07, 6.45) is 5.61. The van der Waals surface area contributed by atoms with E-state index < -0.39 is 0 Å². The standard InChI is InChI=1S/C12H19ClN4O/c1-2-6-14-11-15-7-9(13)10(16-11)17-12(8-18)4-3-5-12/h7,18H,2-6,8H2,1H3,(H2,14,15,16,17). The minimum absolute atomic E-state index is 0.102. The molecule has 1 aromatic rings. The zero-order valence-corrected chi connectivity index (χ0v) is 11.3. The predicted octanol–water partition coefficient (Wildman–Crippen LogP) is 2.28. The van der Waals surface area contributed by atoms with Crippen molar-refractivity contribution in [2.75, 3.05) is 23.8 Å². The molecule has 1 aliphatic rings. The largest absolute Gasteiger partial charge is 0.394 e. The maximum absolute atomic E-state index is 9.43. The first-order valence-electron chi connectivity index (χ1n) is 6.34. The Morgan fingerprint density at radius 3 is 2.83 bits per heavy atom. The minimum Gasteiger partial charge on any atom is -0.394 e. The van der Waals surface area contributed by atoms with Crippen molar-refractivity contribution in [2.24, 2.45) is 0 Å². The summed E-state index contributed by atoms with van der Waals surface area (Å²) >= 11 is 6.08. The lowest BCUT2D eigenvalue weighted by atomic mass is 9.77. The van der Waals surface area contributed by atoms with Crippen molar-refractivity contribution in [3.05, 3.63) is 11.2 Å². The quantitative estimate of drug-likeness (QED) is 0.740. The van der Waals surface area contributed by atoms with Crippen LogP contribution in [0.4, 0.5) is 11.8 Å². The Kier molecular flexibility index (Phi) is 4.24. The van der Waals surface area contributed by atoms with Crippen molar-refractivity contribution < 1.29 is 5.11 Å². The smallest absolute Gasteiger partial charge is 0.224 e. The van der Waals surface area contributed by atoms with E-state index in [0.29, 0.717) is 16.8 Å². The summed E-state index contributed by atoms with van der Waals surface area (Å²) in [5.41, 5.74) is -0.250. The van der Waals surface area contributed by atoms with E-state index in [4.69, 9.17) is 11.6 Å². The number of aromatic nitrogens is 2. The molecule has 5 nitrogen and oxygen atoms in total. The molecule has 1 heterocycles. The molecule has 18 heavy (non-hydrogen) atoms. The van der Waals surface area contributed by atoms with E-state index in [-0.39, 0.29) is 12.1 Å². The number of anilines is 2. The van der Waals surface area contributed by atoms with Gasteiger partial charge in [-0.25, -0.2) is 4.98 Å². The Morgan fingerprint density at radius 2 is 2.28 bits per heavy atom. The Morgan fingerprint density at radius 1 is 1.50 bits per heavy atom. The molecule has 2 rings (SSSR count). The Bertz CT molecular complexity index is 404.